The van der Waals surface area contributed by atoms with E-state index in [0.717, 1.165) is 16.3 Å². The molecule has 3 nitrogen and oxygen atoms in total. The van der Waals surface area contributed by atoms with E-state index >= 15 is 0 Å². The van der Waals surface area contributed by atoms with Gasteiger partial charge in [0.25, 0.3) is 0 Å². The van der Waals surface area contributed by atoms with Gasteiger partial charge in [-0.2, -0.15) is 0 Å². The number of benzene rings is 1. The number of nitrogens with one attached hydrogen (secondary N) is 2. The summed E-state index contributed by atoms with van der Waals surface area (Å²) in [5.41, 5.74) is 1.90. The highest BCUT2D eigenvalue weighted by Gasteiger charge is 2.06. The number of ether oxygens (including phenoxy) is 1. The highest BCUT2D eigenvalue weighted by molar-refractivity contribution is 7.80. The molecule has 1 aromatic carbocycles. The number of hydrogen-bond donors (Lipinski definition) is 2. The summed E-state index contributed by atoms with van der Waals surface area (Å²) in [6, 6.07) is 5.85. The van der Waals surface area contributed by atoms with Gasteiger partial charge in [0.05, 0.1) is 6.61 Å². The fourth-order valence-electron chi connectivity index (χ4n) is 1.42. The van der Waals surface area contributed by atoms with E-state index in [1.165, 1.54) is 0 Å². The lowest BCUT2D eigenvalue weighted by Crippen LogP contribution is -2.38. The summed E-state index contributed by atoms with van der Waals surface area (Å²) in [7, 11) is 1.66. The summed E-state index contributed by atoms with van der Waals surface area (Å²) >= 11 is 11.2. The van der Waals surface area contributed by atoms with E-state index in [9.17, 15) is 0 Å². The lowest BCUT2D eigenvalue weighted by Gasteiger charge is -2.17. The Balaban J connectivity index is 2.59. The molecule has 0 heterocycles. The van der Waals surface area contributed by atoms with Crippen LogP contribution in [0.25, 0.3) is 0 Å². The van der Waals surface area contributed by atoms with Gasteiger partial charge >= 0.3 is 0 Å². The van der Waals surface area contributed by atoms with Gasteiger partial charge < -0.3 is 15.4 Å². The van der Waals surface area contributed by atoms with Crippen LogP contribution in [0.5, 0.6) is 0 Å². The Morgan fingerprint density at radius 2 is 2.24 bits per heavy atom. The highest BCUT2D eigenvalue weighted by atomic mass is 35.5. The van der Waals surface area contributed by atoms with Crippen LogP contribution in [0.4, 0.5) is 5.69 Å². The molecular weight excluding hydrogens is 256 g/mol. The molecule has 94 valence electrons. The van der Waals surface area contributed by atoms with Gasteiger partial charge in [-0.3, -0.25) is 0 Å². The Hall–Kier alpha value is -0.840. The quantitative estimate of drug-likeness (QED) is 0.826. The summed E-state index contributed by atoms with van der Waals surface area (Å²) in [4.78, 5) is 0. The van der Waals surface area contributed by atoms with Gasteiger partial charge in [0.15, 0.2) is 5.11 Å². The third kappa shape index (κ3) is 4.50. The molecule has 0 saturated carbocycles. The molecule has 1 rings (SSSR count). The Kier molecular flexibility index (Phi) is 5.68. The largest absolute Gasteiger partial charge is 0.383 e. The zero-order chi connectivity index (χ0) is 12.8. The van der Waals surface area contributed by atoms with E-state index in [2.05, 4.69) is 10.6 Å². The number of thiocarbonyl (C=S) groups is 1. The first-order chi connectivity index (χ1) is 8.04. The van der Waals surface area contributed by atoms with E-state index < -0.39 is 0 Å². The molecule has 2 N–H and O–H groups in total. The maximum Gasteiger partial charge on any atom is 0.171 e. The van der Waals surface area contributed by atoms with Crippen molar-refractivity contribution in [2.24, 2.45) is 0 Å². The Bertz CT molecular complexity index is 398. The normalized spacial score (nSPS) is 12.0. The maximum absolute atomic E-state index is 6.03. The van der Waals surface area contributed by atoms with Crippen molar-refractivity contribution < 1.29 is 4.74 Å². The SMILES string of the molecule is COC[C@@H](C)NC(=S)Nc1cccc(Cl)c1C. The molecule has 0 bridgehead atoms. The van der Waals surface area contributed by atoms with Crippen LogP contribution in [-0.2, 0) is 4.74 Å². The van der Waals surface area contributed by atoms with Gasteiger partial charge in [-0.1, -0.05) is 17.7 Å². The van der Waals surface area contributed by atoms with Crippen LogP contribution < -0.4 is 10.6 Å². The van der Waals surface area contributed by atoms with E-state index in [4.69, 9.17) is 28.6 Å². The number of anilines is 1. The van der Waals surface area contributed by atoms with Gasteiger partial charge in [-0.05, 0) is 43.8 Å². The fraction of sp³-hybridized carbons (Fsp3) is 0.417. The monoisotopic (exact) mass is 272 g/mol. The lowest BCUT2D eigenvalue weighted by atomic mass is 10.2. The van der Waals surface area contributed by atoms with Gasteiger partial charge in [0.2, 0.25) is 0 Å². The Morgan fingerprint density at radius 1 is 1.53 bits per heavy atom. The molecule has 0 aliphatic heterocycles. The molecule has 1 atom stereocenters. The predicted octanol–water partition coefficient (Wildman–Crippen LogP) is 2.97. The number of halogens is 1. The van der Waals surface area contributed by atoms with Crippen LogP contribution in [0.1, 0.15) is 12.5 Å². The summed E-state index contributed by atoms with van der Waals surface area (Å²) < 4.78 is 5.03. The van der Waals surface area contributed by atoms with Gasteiger partial charge in [-0.15, -0.1) is 0 Å². The summed E-state index contributed by atoms with van der Waals surface area (Å²) in [6.45, 7) is 4.56. The molecule has 0 aromatic heterocycles. The maximum atomic E-state index is 6.03. The smallest absolute Gasteiger partial charge is 0.171 e. The first kappa shape index (κ1) is 14.2. The minimum Gasteiger partial charge on any atom is -0.383 e. The minimum absolute atomic E-state index is 0.166. The number of methoxy groups -OCH3 is 1. The van der Waals surface area contributed by atoms with Gasteiger partial charge in [0, 0.05) is 23.9 Å². The second-order valence-corrected chi connectivity index (χ2v) is 4.68. The highest BCUT2D eigenvalue weighted by Crippen LogP contribution is 2.22. The second kappa shape index (κ2) is 6.79. The molecule has 0 aliphatic carbocycles. The van der Waals surface area contributed by atoms with E-state index in [1.807, 2.05) is 32.0 Å². The molecule has 0 aliphatic rings. The molecule has 5 heteroatoms. The van der Waals surface area contributed by atoms with Crippen LogP contribution in [0.2, 0.25) is 5.02 Å². The zero-order valence-electron chi connectivity index (χ0n) is 10.2. The van der Waals surface area contributed by atoms with Crippen LogP contribution in [0.3, 0.4) is 0 Å². The molecule has 17 heavy (non-hydrogen) atoms. The number of hydrogen-bond acceptors (Lipinski definition) is 2. The molecule has 0 unspecified atom stereocenters. The van der Waals surface area contributed by atoms with E-state index in [0.29, 0.717) is 11.7 Å². The summed E-state index contributed by atoms with van der Waals surface area (Å²) in [5, 5.41) is 7.54. The third-order valence-electron chi connectivity index (χ3n) is 2.31. The molecule has 0 radical (unpaired) electrons. The van der Waals surface area contributed by atoms with Crippen molar-refractivity contribution in [2.75, 3.05) is 19.0 Å². The minimum atomic E-state index is 0.166. The average molecular weight is 273 g/mol. The van der Waals surface area contributed by atoms with Crippen LogP contribution in [0, 0.1) is 6.92 Å². The van der Waals surface area contributed by atoms with Crippen molar-refractivity contribution in [2.45, 2.75) is 19.9 Å². The van der Waals surface area contributed by atoms with Crippen molar-refractivity contribution in [1.82, 2.24) is 5.32 Å². The fourth-order valence-corrected chi connectivity index (χ4v) is 1.90. The molecule has 0 amide bonds. The van der Waals surface area contributed by atoms with Crippen molar-refractivity contribution >= 4 is 34.6 Å². The van der Waals surface area contributed by atoms with Crippen LogP contribution in [-0.4, -0.2) is 24.9 Å². The van der Waals surface area contributed by atoms with Crippen molar-refractivity contribution in [3.63, 3.8) is 0 Å². The Morgan fingerprint density at radius 3 is 2.88 bits per heavy atom. The molecule has 0 saturated heterocycles. The molecule has 0 fully saturated rings. The topological polar surface area (TPSA) is 33.3 Å². The predicted molar refractivity (Wildman–Crippen MR) is 76.9 cm³/mol. The lowest BCUT2D eigenvalue weighted by molar-refractivity contribution is 0.179. The van der Waals surface area contributed by atoms with Crippen LogP contribution >= 0.6 is 23.8 Å². The first-order valence-electron chi connectivity index (χ1n) is 5.36. The third-order valence-corrected chi connectivity index (χ3v) is 2.94. The van der Waals surface area contributed by atoms with Gasteiger partial charge in [-0.25, -0.2) is 0 Å². The number of rotatable bonds is 4. The molecule has 1 aromatic rings. The summed E-state index contributed by atoms with van der Waals surface area (Å²) in [6.07, 6.45) is 0. The van der Waals surface area contributed by atoms with Crippen molar-refractivity contribution in [1.29, 1.82) is 0 Å². The second-order valence-electron chi connectivity index (χ2n) is 3.87. The van der Waals surface area contributed by atoms with E-state index in [-0.39, 0.29) is 6.04 Å². The standard InChI is InChI=1S/C12H17ClN2OS/c1-8(7-16-3)14-12(17)15-11-6-4-5-10(13)9(11)2/h4-6,8H,7H2,1-3H3,(H2,14,15,17)/t8-/m1/s1. The molecular formula is C12H17ClN2OS. The average Bonchev–Trinajstić information content (AvgIpc) is 2.25. The van der Waals surface area contributed by atoms with Crippen molar-refractivity contribution in [3.8, 4) is 0 Å². The van der Waals surface area contributed by atoms with E-state index in [1.54, 1.807) is 7.11 Å². The molecule has 0 spiro atoms. The zero-order valence-corrected chi connectivity index (χ0v) is 11.8. The summed E-state index contributed by atoms with van der Waals surface area (Å²) in [5.74, 6) is 0. The first-order valence-corrected chi connectivity index (χ1v) is 6.14. The van der Waals surface area contributed by atoms with Gasteiger partial charge in [0.1, 0.15) is 0 Å². The Labute approximate surface area is 112 Å². The van der Waals surface area contributed by atoms with Crippen LogP contribution in [0.15, 0.2) is 18.2 Å². The van der Waals surface area contributed by atoms with Crippen molar-refractivity contribution in [3.05, 3.63) is 28.8 Å².